The first-order valence-corrected chi connectivity index (χ1v) is 8.21. The Balaban J connectivity index is 0.00000484. The maximum absolute atomic E-state index is 11.9. The number of hydrogen-bond acceptors (Lipinski definition) is 2. The molecule has 0 aliphatic heterocycles. The summed E-state index contributed by atoms with van der Waals surface area (Å²) < 4.78 is 0.985. The Labute approximate surface area is 164 Å². The van der Waals surface area contributed by atoms with Gasteiger partial charge in [-0.25, -0.2) is 0 Å². The van der Waals surface area contributed by atoms with Crippen LogP contribution in [0.3, 0.4) is 0 Å². The lowest BCUT2D eigenvalue weighted by molar-refractivity contribution is -0.116. The van der Waals surface area contributed by atoms with Gasteiger partial charge in [0.05, 0.1) is 6.54 Å². The highest BCUT2D eigenvalue weighted by molar-refractivity contribution is 14.0. The summed E-state index contributed by atoms with van der Waals surface area (Å²) in [5, 5.41) is 9.31. The molecule has 0 aliphatic carbocycles. The first kappa shape index (κ1) is 22.2. The van der Waals surface area contributed by atoms with Crippen LogP contribution in [0, 0.1) is 0 Å². The van der Waals surface area contributed by atoms with Gasteiger partial charge in [0.1, 0.15) is 0 Å². The summed E-state index contributed by atoms with van der Waals surface area (Å²) in [5.74, 6) is 0.684. The summed E-state index contributed by atoms with van der Waals surface area (Å²) in [5.41, 5.74) is 0.720. The van der Waals surface area contributed by atoms with Crippen molar-refractivity contribution < 1.29 is 4.79 Å². The summed E-state index contributed by atoms with van der Waals surface area (Å²) in [7, 11) is 0. The van der Waals surface area contributed by atoms with Gasteiger partial charge in [0.25, 0.3) is 0 Å². The number of hydrogen-bond donors (Lipinski definition) is 3. The van der Waals surface area contributed by atoms with Crippen LogP contribution in [0.4, 0.5) is 5.69 Å². The van der Waals surface area contributed by atoms with Crippen LogP contribution in [-0.4, -0.2) is 30.5 Å². The first-order valence-electron chi connectivity index (χ1n) is 7.42. The standard InChI is InChI=1S/C16H25BrN4O.HI/c1-5-18-15(21-16(2,3)4)19-11-10-14(22)20-13-8-6-12(17)7-9-13;/h6-9H,5,10-11H2,1-4H3,(H,20,22)(H2,18,19,21);1H. The van der Waals surface area contributed by atoms with E-state index in [4.69, 9.17) is 0 Å². The minimum atomic E-state index is -0.0688. The van der Waals surface area contributed by atoms with Gasteiger partial charge in [-0.3, -0.25) is 9.79 Å². The number of anilines is 1. The fourth-order valence-corrected chi connectivity index (χ4v) is 1.95. The lowest BCUT2D eigenvalue weighted by Crippen LogP contribution is -2.47. The van der Waals surface area contributed by atoms with Crippen LogP contribution in [0.25, 0.3) is 0 Å². The van der Waals surface area contributed by atoms with E-state index in [1.54, 1.807) is 0 Å². The van der Waals surface area contributed by atoms with E-state index in [-0.39, 0.29) is 35.4 Å². The van der Waals surface area contributed by atoms with E-state index >= 15 is 0 Å². The molecule has 5 nitrogen and oxygen atoms in total. The molecule has 3 N–H and O–H groups in total. The number of benzene rings is 1. The number of halogens is 2. The van der Waals surface area contributed by atoms with Crippen LogP contribution in [-0.2, 0) is 4.79 Å². The Hall–Kier alpha value is -0.830. The van der Waals surface area contributed by atoms with Gasteiger partial charge in [0.15, 0.2) is 5.96 Å². The molecule has 7 heteroatoms. The zero-order chi connectivity index (χ0) is 16.6. The van der Waals surface area contributed by atoms with Crippen LogP contribution in [0.1, 0.15) is 34.1 Å². The molecule has 130 valence electrons. The second-order valence-corrected chi connectivity index (χ2v) is 6.86. The minimum Gasteiger partial charge on any atom is -0.357 e. The normalized spacial score (nSPS) is 11.4. The van der Waals surface area contributed by atoms with Crippen molar-refractivity contribution in [3.8, 4) is 0 Å². The molecule has 1 amide bonds. The van der Waals surface area contributed by atoms with E-state index in [0.717, 1.165) is 22.7 Å². The molecule has 0 saturated carbocycles. The molecule has 1 rings (SSSR count). The molecule has 0 fully saturated rings. The average molecular weight is 497 g/mol. The van der Waals surface area contributed by atoms with E-state index < -0.39 is 0 Å². The Morgan fingerprint density at radius 1 is 1.22 bits per heavy atom. The molecule has 0 radical (unpaired) electrons. The van der Waals surface area contributed by atoms with Crippen LogP contribution >= 0.6 is 39.9 Å². The molecule has 0 heterocycles. The molecular formula is C16H26BrIN4O. The monoisotopic (exact) mass is 496 g/mol. The third kappa shape index (κ3) is 10.5. The van der Waals surface area contributed by atoms with E-state index in [2.05, 4.69) is 57.6 Å². The number of amides is 1. The summed E-state index contributed by atoms with van der Waals surface area (Å²) >= 11 is 3.36. The quantitative estimate of drug-likeness (QED) is 0.330. The van der Waals surface area contributed by atoms with Gasteiger partial charge in [-0.15, -0.1) is 24.0 Å². The lowest BCUT2D eigenvalue weighted by Gasteiger charge is -2.23. The molecule has 0 bridgehead atoms. The smallest absolute Gasteiger partial charge is 0.226 e. The van der Waals surface area contributed by atoms with Gasteiger partial charge >= 0.3 is 0 Å². The number of aliphatic imine (C=N–C) groups is 1. The van der Waals surface area contributed by atoms with E-state index in [0.29, 0.717) is 13.0 Å². The summed E-state index contributed by atoms with van der Waals surface area (Å²) in [6, 6.07) is 7.50. The summed E-state index contributed by atoms with van der Waals surface area (Å²) in [4.78, 5) is 16.3. The first-order chi connectivity index (χ1) is 10.3. The van der Waals surface area contributed by atoms with Crippen LogP contribution in [0.5, 0.6) is 0 Å². The van der Waals surface area contributed by atoms with Crippen molar-refractivity contribution in [2.75, 3.05) is 18.4 Å². The van der Waals surface area contributed by atoms with E-state index in [9.17, 15) is 4.79 Å². The molecule has 0 unspecified atom stereocenters. The molecule has 0 saturated heterocycles. The van der Waals surface area contributed by atoms with E-state index in [1.165, 1.54) is 0 Å². The largest absolute Gasteiger partial charge is 0.357 e. The minimum absolute atomic E-state index is 0. The van der Waals surface area contributed by atoms with Crippen molar-refractivity contribution in [1.29, 1.82) is 0 Å². The molecular weight excluding hydrogens is 471 g/mol. The maximum atomic E-state index is 11.9. The number of nitrogens with zero attached hydrogens (tertiary/aromatic N) is 1. The van der Waals surface area contributed by atoms with Crippen LogP contribution < -0.4 is 16.0 Å². The molecule has 23 heavy (non-hydrogen) atoms. The van der Waals surface area contributed by atoms with Gasteiger partial charge < -0.3 is 16.0 Å². The summed E-state index contributed by atoms with van der Waals surface area (Å²) in [6.07, 6.45) is 0.344. The number of guanidine groups is 1. The molecule has 1 aromatic carbocycles. The zero-order valence-electron chi connectivity index (χ0n) is 14.1. The topological polar surface area (TPSA) is 65.5 Å². The molecule has 1 aromatic rings. The Bertz CT molecular complexity index is 512. The maximum Gasteiger partial charge on any atom is 0.226 e. The molecule has 0 spiro atoms. The second kappa shape index (κ2) is 10.9. The highest BCUT2D eigenvalue weighted by Crippen LogP contribution is 2.14. The van der Waals surface area contributed by atoms with Crippen molar-refractivity contribution in [3.05, 3.63) is 28.7 Å². The van der Waals surface area contributed by atoms with Gasteiger partial charge in [0, 0.05) is 28.7 Å². The molecule has 0 aliphatic rings. The predicted octanol–water partition coefficient (Wildman–Crippen LogP) is 3.75. The van der Waals surface area contributed by atoms with Crippen LogP contribution in [0.2, 0.25) is 0 Å². The predicted molar refractivity (Wildman–Crippen MR) is 112 cm³/mol. The lowest BCUT2D eigenvalue weighted by atomic mass is 10.1. The van der Waals surface area contributed by atoms with E-state index in [1.807, 2.05) is 31.2 Å². The fraction of sp³-hybridized carbons (Fsp3) is 0.500. The number of nitrogens with one attached hydrogen (secondary N) is 3. The van der Waals surface area contributed by atoms with Gasteiger partial charge in [-0.1, -0.05) is 15.9 Å². The third-order valence-electron chi connectivity index (χ3n) is 2.57. The van der Waals surface area contributed by atoms with Crippen molar-refractivity contribution in [2.24, 2.45) is 4.99 Å². The molecule has 0 atom stereocenters. The highest BCUT2D eigenvalue weighted by Gasteiger charge is 2.11. The zero-order valence-corrected chi connectivity index (χ0v) is 18.0. The van der Waals surface area contributed by atoms with Crippen molar-refractivity contribution in [3.63, 3.8) is 0 Å². The van der Waals surface area contributed by atoms with Gasteiger partial charge in [0.2, 0.25) is 5.91 Å². The van der Waals surface area contributed by atoms with Crippen LogP contribution in [0.15, 0.2) is 33.7 Å². The second-order valence-electron chi connectivity index (χ2n) is 5.94. The Kier molecular flexibility index (Phi) is 10.5. The average Bonchev–Trinajstić information content (AvgIpc) is 2.40. The Morgan fingerprint density at radius 3 is 2.35 bits per heavy atom. The van der Waals surface area contributed by atoms with Crippen molar-refractivity contribution in [2.45, 2.75) is 39.7 Å². The van der Waals surface area contributed by atoms with Crippen molar-refractivity contribution >= 4 is 57.5 Å². The SMILES string of the molecule is CCNC(=NCCC(=O)Nc1ccc(Br)cc1)NC(C)(C)C.I. The number of carbonyl (C=O) groups excluding carboxylic acids is 1. The Morgan fingerprint density at radius 2 is 1.83 bits per heavy atom. The fourth-order valence-electron chi connectivity index (χ4n) is 1.69. The number of rotatable bonds is 5. The van der Waals surface area contributed by atoms with Gasteiger partial charge in [-0.2, -0.15) is 0 Å². The summed E-state index contributed by atoms with van der Waals surface area (Å²) in [6.45, 7) is 9.45. The van der Waals surface area contributed by atoms with Gasteiger partial charge in [-0.05, 0) is 52.0 Å². The number of carbonyl (C=O) groups is 1. The highest BCUT2D eigenvalue weighted by atomic mass is 127. The third-order valence-corrected chi connectivity index (χ3v) is 3.10. The molecule has 0 aromatic heterocycles. The van der Waals surface area contributed by atoms with Crippen molar-refractivity contribution in [1.82, 2.24) is 10.6 Å².